The fraction of sp³-hybridized carbons (Fsp3) is 0.700. The number of hydrogen-bond acceptors (Lipinski definition) is 4. The van der Waals surface area contributed by atoms with E-state index < -0.39 is 0 Å². The largest absolute Gasteiger partial charge is 0.351 e. The van der Waals surface area contributed by atoms with Gasteiger partial charge in [-0.15, -0.1) is 16.7 Å². The second-order valence-electron chi connectivity index (χ2n) is 4.22. The number of rotatable bonds is 5. The van der Waals surface area contributed by atoms with Crippen LogP contribution in [0.3, 0.4) is 0 Å². The minimum atomic E-state index is -0.0664. The van der Waals surface area contributed by atoms with Gasteiger partial charge >= 0.3 is 0 Å². The zero-order valence-electron chi connectivity index (χ0n) is 9.12. The lowest BCUT2D eigenvalue weighted by molar-refractivity contribution is 0.0949. The maximum atomic E-state index is 11.9. The molecule has 0 radical (unpaired) electrons. The first-order valence-corrected chi connectivity index (χ1v) is 6.67. The van der Waals surface area contributed by atoms with E-state index >= 15 is 0 Å². The zero-order chi connectivity index (χ0) is 11.6. The topological polar surface area (TPSA) is 54.9 Å². The summed E-state index contributed by atoms with van der Waals surface area (Å²) in [5, 5.41) is 6.84. The molecule has 0 unspecified atom stereocenters. The smallest absolute Gasteiger partial charge is 0.264 e. The van der Waals surface area contributed by atoms with E-state index in [0.29, 0.717) is 17.3 Å². The Bertz CT molecular complexity index is 389. The van der Waals surface area contributed by atoms with Crippen molar-refractivity contribution in [1.82, 2.24) is 14.9 Å². The quantitative estimate of drug-likeness (QED) is 0.821. The second kappa shape index (κ2) is 4.67. The predicted octanol–water partition coefficient (Wildman–Crippen LogP) is 1.85. The monoisotopic (exact) mass is 259 g/mol. The molecule has 6 heteroatoms. The van der Waals surface area contributed by atoms with Gasteiger partial charge in [-0.3, -0.25) is 4.79 Å². The molecule has 1 fully saturated rings. The highest BCUT2D eigenvalue weighted by Gasteiger charge is 2.42. The molecule has 16 heavy (non-hydrogen) atoms. The molecule has 0 bridgehead atoms. The fourth-order valence-corrected chi connectivity index (χ4v) is 2.52. The molecule has 1 saturated carbocycles. The summed E-state index contributed by atoms with van der Waals surface area (Å²) in [5.74, 6) is 0.553. The Morgan fingerprint density at radius 3 is 2.94 bits per heavy atom. The molecule has 0 aliphatic heterocycles. The number of amides is 1. The molecule has 88 valence electrons. The highest BCUT2D eigenvalue weighted by molar-refractivity contribution is 7.08. The molecule has 0 saturated heterocycles. The van der Waals surface area contributed by atoms with Crippen LogP contribution in [0.4, 0.5) is 0 Å². The molecule has 4 nitrogen and oxygen atoms in total. The van der Waals surface area contributed by atoms with Crippen LogP contribution in [-0.2, 0) is 6.42 Å². The van der Waals surface area contributed by atoms with Crippen molar-refractivity contribution in [3.63, 3.8) is 0 Å². The Kier molecular flexibility index (Phi) is 3.44. The van der Waals surface area contributed by atoms with Crippen molar-refractivity contribution in [3.8, 4) is 0 Å². The van der Waals surface area contributed by atoms with Crippen LogP contribution in [0.15, 0.2) is 0 Å². The van der Waals surface area contributed by atoms with E-state index in [0.717, 1.165) is 36.5 Å². The standard InChI is InChI=1S/C10H14ClN3OS/c1-2-7-8(16-14-13-7)9(15)12-6-10(5-11)3-4-10/h2-6H2,1H3,(H,12,15). The first-order valence-electron chi connectivity index (χ1n) is 5.36. The third-order valence-corrected chi connectivity index (χ3v) is 4.30. The van der Waals surface area contributed by atoms with Crippen LogP contribution in [0.5, 0.6) is 0 Å². The first-order chi connectivity index (χ1) is 7.71. The van der Waals surface area contributed by atoms with Crippen molar-refractivity contribution in [3.05, 3.63) is 10.6 Å². The predicted molar refractivity (Wildman–Crippen MR) is 64.0 cm³/mol. The molecule has 1 aromatic rings. The molecular formula is C10H14ClN3OS. The summed E-state index contributed by atoms with van der Waals surface area (Å²) >= 11 is 7.00. The maximum absolute atomic E-state index is 11.9. The average Bonchev–Trinajstić information content (AvgIpc) is 2.94. The molecule has 1 amide bonds. The van der Waals surface area contributed by atoms with Gasteiger partial charge in [-0.25, -0.2) is 0 Å². The van der Waals surface area contributed by atoms with Gasteiger partial charge in [0.05, 0.1) is 5.69 Å². The third kappa shape index (κ3) is 2.35. The van der Waals surface area contributed by atoms with Crippen LogP contribution >= 0.6 is 23.1 Å². The fourth-order valence-electron chi connectivity index (χ4n) is 1.49. The van der Waals surface area contributed by atoms with E-state index in [1.807, 2.05) is 6.92 Å². The summed E-state index contributed by atoms with van der Waals surface area (Å²) in [7, 11) is 0. The van der Waals surface area contributed by atoms with Crippen LogP contribution < -0.4 is 5.32 Å². The highest BCUT2D eigenvalue weighted by atomic mass is 35.5. The highest BCUT2D eigenvalue weighted by Crippen LogP contribution is 2.45. The molecule has 1 N–H and O–H groups in total. The van der Waals surface area contributed by atoms with Crippen LogP contribution in [0.25, 0.3) is 0 Å². The van der Waals surface area contributed by atoms with Crippen LogP contribution in [0.2, 0.25) is 0 Å². The normalized spacial score (nSPS) is 17.1. The molecular weight excluding hydrogens is 246 g/mol. The Morgan fingerprint density at radius 2 is 2.38 bits per heavy atom. The Labute approximate surface area is 104 Å². The first kappa shape index (κ1) is 11.8. The lowest BCUT2D eigenvalue weighted by Gasteiger charge is -2.11. The van der Waals surface area contributed by atoms with Gasteiger partial charge in [-0.1, -0.05) is 11.4 Å². The number of nitrogens with zero attached hydrogens (tertiary/aromatic N) is 2. The lowest BCUT2D eigenvalue weighted by Crippen LogP contribution is -2.31. The van der Waals surface area contributed by atoms with Crippen molar-refractivity contribution in [2.45, 2.75) is 26.2 Å². The maximum Gasteiger partial charge on any atom is 0.264 e. The minimum Gasteiger partial charge on any atom is -0.351 e. The van der Waals surface area contributed by atoms with E-state index in [4.69, 9.17) is 11.6 Å². The molecule has 1 aromatic heterocycles. The van der Waals surface area contributed by atoms with Crippen molar-refractivity contribution in [2.75, 3.05) is 12.4 Å². The van der Waals surface area contributed by atoms with Crippen LogP contribution in [0, 0.1) is 5.41 Å². The zero-order valence-corrected chi connectivity index (χ0v) is 10.7. The van der Waals surface area contributed by atoms with Crippen molar-refractivity contribution >= 4 is 29.0 Å². The van der Waals surface area contributed by atoms with E-state index in [1.165, 1.54) is 0 Å². The van der Waals surface area contributed by atoms with Gasteiger partial charge in [0.25, 0.3) is 5.91 Å². The van der Waals surface area contributed by atoms with Gasteiger partial charge in [-0.2, -0.15) is 0 Å². The summed E-state index contributed by atoms with van der Waals surface area (Å²) in [6, 6.07) is 0. The van der Waals surface area contributed by atoms with E-state index in [-0.39, 0.29) is 11.3 Å². The number of carbonyl (C=O) groups excluding carboxylic acids is 1. The van der Waals surface area contributed by atoms with E-state index in [1.54, 1.807) is 0 Å². The van der Waals surface area contributed by atoms with Crippen molar-refractivity contribution in [1.29, 1.82) is 0 Å². The van der Waals surface area contributed by atoms with E-state index in [9.17, 15) is 4.79 Å². The number of hydrogen-bond donors (Lipinski definition) is 1. The number of halogens is 1. The number of aryl methyl sites for hydroxylation is 1. The summed E-state index contributed by atoms with van der Waals surface area (Å²) in [6.45, 7) is 2.63. The Morgan fingerprint density at radius 1 is 1.62 bits per heavy atom. The third-order valence-electron chi connectivity index (χ3n) is 2.96. The summed E-state index contributed by atoms with van der Waals surface area (Å²) < 4.78 is 3.80. The average molecular weight is 260 g/mol. The molecule has 1 aliphatic carbocycles. The van der Waals surface area contributed by atoms with Gasteiger partial charge in [0.1, 0.15) is 4.88 Å². The summed E-state index contributed by atoms with van der Waals surface area (Å²) in [5.41, 5.74) is 0.931. The number of aromatic nitrogens is 2. The SMILES string of the molecule is CCc1nnsc1C(=O)NCC1(CCl)CC1. The molecule has 0 atom stereocenters. The molecule has 1 heterocycles. The van der Waals surface area contributed by atoms with Gasteiger partial charge in [0.2, 0.25) is 0 Å². The van der Waals surface area contributed by atoms with Gasteiger partial charge < -0.3 is 5.32 Å². The second-order valence-corrected chi connectivity index (χ2v) is 5.24. The molecule has 0 aromatic carbocycles. The van der Waals surface area contributed by atoms with Gasteiger partial charge in [-0.05, 0) is 30.8 Å². The van der Waals surface area contributed by atoms with Crippen molar-refractivity contribution in [2.24, 2.45) is 5.41 Å². The Hall–Kier alpha value is -0.680. The van der Waals surface area contributed by atoms with Gasteiger partial charge in [0.15, 0.2) is 0 Å². The Balaban J connectivity index is 1.93. The molecule has 2 rings (SSSR count). The minimum absolute atomic E-state index is 0.0664. The summed E-state index contributed by atoms with van der Waals surface area (Å²) in [4.78, 5) is 12.5. The van der Waals surface area contributed by atoms with E-state index in [2.05, 4.69) is 14.9 Å². The summed E-state index contributed by atoms with van der Waals surface area (Å²) in [6.07, 6.45) is 2.95. The van der Waals surface area contributed by atoms with Crippen LogP contribution in [-0.4, -0.2) is 27.9 Å². The molecule has 0 spiro atoms. The molecule has 1 aliphatic rings. The van der Waals surface area contributed by atoms with Crippen LogP contribution in [0.1, 0.15) is 35.1 Å². The van der Waals surface area contributed by atoms with Crippen molar-refractivity contribution < 1.29 is 4.79 Å². The lowest BCUT2D eigenvalue weighted by atomic mass is 10.1. The van der Waals surface area contributed by atoms with Gasteiger partial charge in [0, 0.05) is 17.8 Å². The number of alkyl halides is 1. The number of nitrogens with one attached hydrogen (secondary N) is 1. The number of carbonyl (C=O) groups is 1.